The molecule has 1 unspecified atom stereocenters. The second-order valence-corrected chi connectivity index (χ2v) is 5.71. The molecule has 5 nitrogen and oxygen atoms in total. The van der Waals surface area contributed by atoms with Crippen LogP contribution in [0.15, 0.2) is 22.7 Å². The normalized spacial score (nSPS) is 23.1. The first-order valence-electron chi connectivity index (χ1n) is 7.29. The fourth-order valence-corrected chi connectivity index (χ4v) is 3.30. The predicted octanol–water partition coefficient (Wildman–Crippen LogP) is 2.12. The number of hydrogen-bond donors (Lipinski definition) is 0. The van der Waals surface area contributed by atoms with E-state index in [1.807, 2.05) is 18.2 Å². The highest BCUT2D eigenvalue weighted by molar-refractivity contribution is 5.94. The van der Waals surface area contributed by atoms with Crippen molar-refractivity contribution in [3.63, 3.8) is 0 Å². The van der Waals surface area contributed by atoms with Crippen molar-refractivity contribution in [2.45, 2.75) is 18.9 Å². The van der Waals surface area contributed by atoms with Gasteiger partial charge < -0.3 is 19.1 Å². The van der Waals surface area contributed by atoms with Gasteiger partial charge >= 0.3 is 0 Å². The van der Waals surface area contributed by atoms with Crippen molar-refractivity contribution >= 4 is 16.8 Å². The highest BCUT2D eigenvalue weighted by Gasteiger charge is 2.28. The van der Waals surface area contributed by atoms with E-state index in [0.29, 0.717) is 12.6 Å². The Hall–Kier alpha value is -1.75. The zero-order chi connectivity index (χ0) is 13.5. The van der Waals surface area contributed by atoms with E-state index in [4.69, 9.17) is 9.26 Å². The number of rotatable bonds is 2. The fraction of sp³-hybridized carbons (Fsp3) is 0.533. The number of likely N-dealkylation sites (N-methyl/N-ethyl adjacent to an activating group) is 1. The summed E-state index contributed by atoms with van der Waals surface area (Å²) in [5.74, 6) is 1.83. The molecular weight excluding hydrogens is 254 g/mol. The summed E-state index contributed by atoms with van der Waals surface area (Å²) in [7, 11) is 2.21. The monoisotopic (exact) mass is 273 g/mol. The summed E-state index contributed by atoms with van der Waals surface area (Å²) >= 11 is 0. The molecule has 0 radical (unpaired) electrons. The van der Waals surface area contributed by atoms with E-state index in [1.165, 1.54) is 19.4 Å². The molecule has 2 aliphatic heterocycles. The van der Waals surface area contributed by atoms with Crippen molar-refractivity contribution in [3.8, 4) is 5.75 Å². The Morgan fingerprint density at radius 3 is 3.15 bits per heavy atom. The van der Waals surface area contributed by atoms with Gasteiger partial charge in [-0.05, 0) is 38.6 Å². The number of aromatic nitrogens is 1. The van der Waals surface area contributed by atoms with Gasteiger partial charge in [0, 0.05) is 12.6 Å². The smallest absolute Gasteiger partial charge is 0.183 e. The van der Waals surface area contributed by atoms with Crippen molar-refractivity contribution in [1.29, 1.82) is 0 Å². The topological polar surface area (TPSA) is 41.7 Å². The number of ether oxygens (including phenoxy) is 1. The molecule has 3 heterocycles. The molecule has 4 rings (SSSR count). The van der Waals surface area contributed by atoms with Gasteiger partial charge in [-0.25, -0.2) is 0 Å². The van der Waals surface area contributed by atoms with Gasteiger partial charge in [0.25, 0.3) is 0 Å². The average molecular weight is 273 g/mol. The lowest BCUT2D eigenvalue weighted by Gasteiger charge is -2.27. The fourth-order valence-electron chi connectivity index (χ4n) is 3.30. The molecule has 1 aromatic heterocycles. The third kappa shape index (κ3) is 1.85. The van der Waals surface area contributed by atoms with Crippen LogP contribution >= 0.6 is 0 Å². The van der Waals surface area contributed by atoms with E-state index in [0.717, 1.165) is 35.6 Å². The lowest BCUT2D eigenvalue weighted by molar-refractivity contribution is 0.297. The molecule has 0 saturated carbocycles. The lowest BCUT2D eigenvalue weighted by Crippen LogP contribution is -2.40. The van der Waals surface area contributed by atoms with Crippen molar-refractivity contribution in [1.82, 2.24) is 10.1 Å². The van der Waals surface area contributed by atoms with E-state index < -0.39 is 0 Å². The highest BCUT2D eigenvalue weighted by atomic mass is 16.5. The molecule has 106 valence electrons. The Kier molecular flexibility index (Phi) is 2.80. The number of hydrogen-bond acceptors (Lipinski definition) is 5. The maximum Gasteiger partial charge on any atom is 0.183 e. The van der Waals surface area contributed by atoms with Crippen LogP contribution in [0, 0.1) is 0 Å². The quantitative estimate of drug-likeness (QED) is 0.838. The van der Waals surface area contributed by atoms with Crippen molar-refractivity contribution < 1.29 is 9.26 Å². The van der Waals surface area contributed by atoms with Gasteiger partial charge in [-0.1, -0.05) is 11.2 Å². The zero-order valence-corrected chi connectivity index (χ0v) is 11.7. The maximum absolute atomic E-state index is 5.85. The summed E-state index contributed by atoms with van der Waals surface area (Å²) < 4.78 is 11.3. The van der Waals surface area contributed by atoms with E-state index >= 15 is 0 Å². The summed E-state index contributed by atoms with van der Waals surface area (Å²) in [5.41, 5.74) is 0.809. The van der Waals surface area contributed by atoms with Crippen LogP contribution in [0.25, 0.3) is 11.0 Å². The Morgan fingerprint density at radius 2 is 2.30 bits per heavy atom. The van der Waals surface area contributed by atoms with Gasteiger partial charge in [-0.3, -0.25) is 0 Å². The number of anilines is 1. The summed E-state index contributed by atoms with van der Waals surface area (Å²) in [4.78, 5) is 4.75. The molecule has 0 bridgehead atoms. The third-order valence-electron chi connectivity index (χ3n) is 4.46. The first-order valence-corrected chi connectivity index (χ1v) is 7.29. The summed E-state index contributed by atoms with van der Waals surface area (Å²) in [6, 6.07) is 6.50. The average Bonchev–Trinajstić information content (AvgIpc) is 3.00. The molecule has 1 atom stereocenters. The molecule has 1 aromatic carbocycles. The standard InChI is InChI=1S/C15H19N3O2/c1-17-7-3-4-11(17)10-18-8-9-19-12-5-2-6-13-14(12)15(18)16-20-13/h2,5-6,11H,3-4,7-10H2,1H3. The van der Waals surface area contributed by atoms with E-state index in [-0.39, 0.29) is 0 Å². The molecule has 1 saturated heterocycles. The summed E-state index contributed by atoms with van der Waals surface area (Å²) in [6.07, 6.45) is 2.55. The van der Waals surface area contributed by atoms with Crippen LogP contribution in [0.5, 0.6) is 5.75 Å². The SMILES string of the molecule is CN1CCCC1CN1CCOc2cccc3onc1c23. The molecule has 1 fully saturated rings. The number of likely N-dealkylation sites (tertiary alicyclic amines) is 1. The third-order valence-corrected chi connectivity index (χ3v) is 4.46. The van der Waals surface area contributed by atoms with Crippen molar-refractivity contribution in [3.05, 3.63) is 18.2 Å². The van der Waals surface area contributed by atoms with Gasteiger partial charge in [-0.15, -0.1) is 0 Å². The molecule has 5 heteroatoms. The van der Waals surface area contributed by atoms with Gasteiger partial charge in [0.2, 0.25) is 0 Å². The molecule has 0 spiro atoms. The predicted molar refractivity (Wildman–Crippen MR) is 77.4 cm³/mol. The Labute approximate surface area is 118 Å². The van der Waals surface area contributed by atoms with E-state index in [2.05, 4.69) is 22.0 Å². The van der Waals surface area contributed by atoms with E-state index in [9.17, 15) is 0 Å². The first kappa shape index (κ1) is 12.0. The maximum atomic E-state index is 5.85. The van der Waals surface area contributed by atoms with Gasteiger partial charge in [-0.2, -0.15) is 0 Å². The molecule has 2 aliphatic rings. The highest BCUT2D eigenvalue weighted by Crippen LogP contribution is 2.36. The Balaban J connectivity index is 1.70. The van der Waals surface area contributed by atoms with Crippen LogP contribution in [-0.2, 0) is 0 Å². The van der Waals surface area contributed by atoms with Gasteiger partial charge in [0.15, 0.2) is 11.4 Å². The molecular formula is C15H19N3O2. The van der Waals surface area contributed by atoms with E-state index in [1.54, 1.807) is 0 Å². The molecule has 0 N–H and O–H groups in total. The first-order chi connectivity index (χ1) is 9.83. The lowest BCUT2D eigenvalue weighted by atomic mass is 10.2. The largest absolute Gasteiger partial charge is 0.491 e. The Bertz CT molecular complexity index is 625. The van der Waals surface area contributed by atoms with Crippen LogP contribution in [0.4, 0.5) is 5.82 Å². The minimum atomic E-state index is 0.604. The number of nitrogens with zero attached hydrogens (tertiary/aromatic N) is 3. The van der Waals surface area contributed by atoms with Crippen LogP contribution < -0.4 is 9.64 Å². The van der Waals surface area contributed by atoms with Crippen LogP contribution in [0.2, 0.25) is 0 Å². The van der Waals surface area contributed by atoms with Crippen molar-refractivity contribution in [2.75, 3.05) is 38.2 Å². The van der Waals surface area contributed by atoms with Gasteiger partial charge in [0.1, 0.15) is 17.7 Å². The number of benzene rings is 1. The molecule has 2 aromatic rings. The van der Waals surface area contributed by atoms with Crippen molar-refractivity contribution in [2.24, 2.45) is 0 Å². The van der Waals surface area contributed by atoms with Crippen LogP contribution in [0.1, 0.15) is 12.8 Å². The van der Waals surface area contributed by atoms with Crippen LogP contribution in [-0.4, -0.2) is 49.4 Å². The molecule has 0 aliphatic carbocycles. The molecule has 0 amide bonds. The second-order valence-electron chi connectivity index (χ2n) is 5.71. The second kappa shape index (κ2) is 4.66. The summed E-state index contributed by atoms with van der Waals surface area (Å²) in [5, 5.41) is 5.31. The summed E-state index contributed by atoms with van der Waals surface area (Å²) in [6.45, 7) is 3.75. The molecule has 20 heavy (non-hydrogen) atoms. The van der Waals surface area contributed by atoms with Gasteiger partial charge in [0.05, 0.1) is 6.54 Å². The van der Waals surface area contributed by atoms with Crippen LogP contribution in [0.3, 0.4) is 0 Å². The Morgan fingerprint density at radius 1 is 1.35 bits per heavy atom. The minimum absolute atomic E-state index is 0.604. The zero-order valence-electron chi connectivity index (χ0n) is 11.7. The minimum Gasteiger partial charge on any atom is -0.491 e.